The predicted octanol–water partition coefficient (Wildman–Crippen LogP) is 4.58. The van der Waals surface area contributed by atoms with E-state index in [1.54, 1.807) is 12.1 Å². The lowest BCUT2D eigenvalue weighted by Crippen LogP contribution is -2.15. The Balaban J connectivity index is 0.00000420. The van der Waals surface area contributed by atoms with E-state index in [0.717, 1.165) is 12.1 Å². The Hall–Kier alpha value is -2.71. The van der Waals surface area contributed by atoms with Gasteiger partial charge in [-0.3, -0.25) is 4.79 Å². The molecule has 0 bridgehead atoms. The van der Waals surface area contributed by atoms with Gasteiger partial charge in [0.2, 0.25) is 0 Å². The van der Waals surface area contributed by atoms with Gasteiger partial charge in [0.15, 0.2) is 11.5 Å². The Morgan fingerprint density at radius 2 is 1.86 bits per heavy atom. The Labute approximate surface area is 173 Å². The highest BCUT2D eigenvalue weighted by Crippen LogP contribution is 2.34. The van der Waals surface area contributed by atoms with E-state index in [4.69, 9.17) is 15.2 Å². The molecule has 2 rings (SSSR count). The van der Waals surface area contributed by atoms with E-state index < -0.39 is 17.6 Å². The number of hydrogen-bond donors (Lipinski definition) is 2. The summed E-state index contributed by atoms with van der Waals surface area (Å²) in [4.78, 5) is 12.7. The minimum absolute atomic E-state index is 0. The highest BCUT2D eigenvalue weighted by molar-refractivity contribution is 6.05. The van der Waals surface area contributed by atoms with E-state index in [0.29, 0.717) is 23.5 Å². The van der Waals surface area contributed by atoms with Gasteiger partial charge < -0.3 is 20.5 Å². The first-order chi connectivity index (χ1) is 13.2. The number of methoxy groups -OCH3 is 2. The van der Waals surface area contributed by atoms with Gasteiger partial charge in [0.05, 0.1) is 19.8 Å². The maximum absolute atomic E-state index is 13.1. The lowest BCUT2D eigenvalue weighted by atomic mass is 10.0. The van der Waals surface area contributed by atoms with E-state index in [2.05, 4.69) is 11.9 Å². The molecule has 0 spiro atoms. The van der Waals surface area contributed by atoms with Crippen LogP contribution in [0.2, 0.25) is 0 Å². The molecule has 9 heteroatoms. The zero-order chi connectivity index (χ0) is 20.9. The number of hydrogen-bond acceptors (Lipinski definition) is 4. The van der Waals surface area contributed by atoms with E-state index in [1.165, 1.54) is 26.4 Å². The average molecular weight is 431 g/mol. The van der Waals surface area contributed by atoms with Crippen LogP contribution < -0.4 is 20.5 Å². The fourth-order valence-corrected chi connectivity index (χ4v) is 2.73. The third kappa shape index (κ3) is 5.88. The van der Waals surface area contributed by atoms with Gasteiger partial charge in [0, 0.05) is 23.4 Å². The van der Waals surface area contributed by atoms with Gasteiger partial charge in [-0.15, -0.1) is 19.0 Å². The molecule has 0 saturated carbocycles. The molecule has 2 aromatic carbocycles. The normalized spacial score (nSPS) is 10.7. The molecule has 3 N–H and O–H groups in total. The fraction of sp³-hybridized carbons (Fsp3) is 0.250. The summed E-state index contributed by atoms with van der Waals surface area (Å²) in [5.41, 5.74) is 5.72. The molecular formula is C20H22ClF3N2O3. The van der Waals surface area contributed by atoms with E-state index in [9.17, 15) is 18.0 Å². The van der Waals surface area contributed by atoms with Crippen molar-refractivity contribution in [1.29, 1.82) is 0 Å². The number of anilines is 1. The van der Waals surface area contributed by atoms with Crippen LogP contribution in [0.15, 0.2) is 43.0 Å². The van der Waals surface area contributed by atoms with Crippen molar-refractivity contribution in [3.63, 3.8) is 0 Å². The molecule has 0 aliphatic heterocycles. The number of benzene rings is 2. The lowest BCUT2D eigenvalue weighted by Gasteiger charge is -2.15. The maximum Gasteiger partial charge on any atom is 0.416 e. The summed E-state index contributed by atoms with van der Waals surface area (Å²) in [7, 11) is 2.90. The van der Waals surface area contributed by atoms with Gasteiger partial charge in [-0.05, 0) is 42.3 Å². The van der Waals surface area contributed by atoms with Crippen LogP contribution in [0.3, 0.4) is 0 Å². The van der Waals surface area contributed by atoms with Crippen LogP contribution in [0.25, 0.3) is 0 Å². The summed E-state index contributed by atoms with van der Waals surface area (Å²) < 4.78 is 49.8. The first kappa shape index (κ1) is 24.3. The Kier molecular flexibility index (Phi) is 8.54. The Morgan fingerprint density at radius 1 is 1.17 bits per heavy atom. The topological polar surface area (TPSA) is 73.6 Å². The summed E-state index contributed by atoms with van der Waals surface area (Å²) in [5.74, 6) is 0.204. The number of alkyl halides is 3. The lowest BCUT2D eigenvalue weighted by molar-refractivity contribution is -0.137. The molecule has 0 aromatic heterocycles. The van der Waals surface area contributed by atoms with Crippen molar-refractivity contribution in [2.75, 3.05) is 19.5 Å². The standard InChI is InChI=1S/C20H21F3N2O3.ClH/c1-4-5-13-8-14(9-17(27-2)18(13)28-3)19(26)25-16-7-12(11-24)6-15(10-16)20(21,22)23;/h4,6-10H,1,5,11,24H2,2-3H3,(H,25,26);1H. The summed E-state index contributed by atoms with van der Waals surface area (Å²) >= 11 is 0. The summed E-state index contributed by atoms with van der Waals surface area (Å²) in [6.07, 6.45) is -2.49. The van der Waals surface area contributed by atoms with Gasteiger partial charge >= 0.3 is 6.18 Å². The van der Waals surface area contributed by atoms with Gasteiger partial charge in [-0.25, -0.2) is 0 Å². The Morgan fingerprint density at radius 3 is 2.38 bits per heavy atom. The Bertz CT molecular complexity index is 886. The van der Waals surface area contributed by atoms with Gasteiger partial charge in [0.1, 0.15) is 0 Å². The number of rotatable bonds is 7. The monoisotopic (exact) mass is 430 g/mol. The molecule has 29 heavy (non-hydrogen) atoms. The molecule has 0 radical (unpaired) electrons. The quantitative estimate of drug-likeness (QED) is 0.630. The third-order valence-electron chi connectivity index (χ3n) is 4.00. The van der Waals surface area contributed by atoms with Crippen molar-refractivity contribution in [2.45, 2.75) is 19.1 Å². The summed E-state index contributed by atoms with van der Waals surface area (Å²) in [6, 6.07) is 6.25. The third-order valence-corrected chi connectivity index (χ3v) is 4.00. The minimum atomic E-state index is -4.55. The van der Waals surface area contributed by atoms with Crippen molar-refractivity contribution < 1.29 is 27.4 Å². The number of allylic oxidation sites excluding steroid dienone is 1. The van der Waals surface area contributed by atoms with Crippen molar-refractivity contribution >= 4 is 24.0 Å². The van der Waals surface area contributed by atoms with Crippen LogP contribution in [0.1, 0.15) is 27.0 Å². The van der Waals surface area contributed by atoms with Crippen LogP contribution in [-0.2, 0) is 19.1 Å². The van der Waals surface area contributed by atoms with E-state index in [1.807, 2.05) is 0 Å². The number of ether oxygens (including phenoxy) is 2. The van der Waals surface area contributed by atoms with Crippen LogP contribution in [0, 0.1) is 0 Å². The summed E-state index contributed by atoms with van der Waals surface area (Å²) in [5, 5.41) is 2.49. The molecule has 0 unspecified atom stereocenters. The number of nitrogens with one attached hydrogen (secondary N) is 1. The second-order valence-corrected chi connectivity index (χ2v) is 5.94. The number of halogens is 4. The number of amides is 1. The molecule has 0 saturated heterocycles. The van der Waals surface area contributed by atoms with E-state index in [-0.39, 0.29) is 35.8 Å². The van der Waals surface area contributed by atoms with Gasteiger partial charge in [-0.1, -0.05) is 6.08 Å². The molecule has 0 heterocycles. The number of carbonyl (C=O) groups excluding carboxylic acids is 1. The molecule has 5 nitrogen and oxygen atoms in total. The van der Waals surface area contributed by atoms with Crippen LogP contribution >= 0.6 is 12.4 Å². The average Bonchev–Trinajstić information content (AvgIpc) is 2.66. The zero-order valence-corrected chi connectivity index (χ0v) is 16.7. The van der Waals surface area contributed by atoms with Crippen LogP contribution in [0.4, 0.5) is 18.9 Å². The second-order valence-electron chi connectivity index (χ2n) is 5.94. The molecule has 0 aliphatic rings. The van der Waals surface area contributed by atoms with Crippen molar-refractivity contribution in [1.82, 2.24) is 0 Å². The SMILES string of the molecule is C=CCc1cc(C(=O)Nc2cc(CN)cc(C(F)(F)F)c2)cc(OC)c1OC.Cl. The minimum Gasteiger partial charge on any atom is -0.493 e. The van der Waals surface area contributed by atoms with E-state index >= 15 is 0 Å². The van der Waals surface area contributed by atoms with Gasteiger partial charge in [-0.2, -0.15) is 13.2 Å². The van der Waals surface area contributed by atoms with Gasteiger partial charge in [0.25, 0.3) is 5.91 Å². The smallest absolute Gasteiger partial charge is 0.416 e. The molecule has 1 amide bonds. The molecule has 2 aromatic rings. The number of carbonyl (C=O) groups is 1. The molecule has 158 valence electrons. The second kappa shape index (κ2) is 10.2. The summed E-state index contributed by atoms with van der Waals surface area (Å²) in [6.45, 7) is 3.57. The molecule has 0 fully saturated rings. The first-order valence-electron chi connectivity index (χ1n) is 8.31. The predicted molar refractivity (Wildman–Crippen MR) is 108 cm³/mol. The number of nitrogens with two attached hydrogens (primary N) is 1. The zero-order valence-electron chi connectivity index (χ0n) is 15.9. The fourth-order valence-electron chi connectivity index (χ4n) is 2.73. The van der Waals surface area contributed by atoms with Crippen molar-refractivity contribution in [3.05, 3.63) is 65.2 Å². The van der Waals surface area contributed by atoms with Crippen LogP contribution in [-0.4, -0.2) is 20.1 Å². The highest BCUT2D eigenvalue weighted by atomic mass is 35.5. The molecule has 0 aliphatic carbocycles. The highest BCUT2D eigenvalue weighted by Gasteiger charge is 2.31. The maximum atomic E-state index is 13.1. The van der Waals surface area contributed by atoms with Crippen molar-refractivity contribution in [2.24, 2.45) is 5.73 Å². The van der Waals surface area contributed by atoms with Crippen molar-refractivity contribution in [3.8, 4) is 11.5 Å². The van der Waals surface area contributed by atoms with Crippen LogP contribution in [0.5, 0.6) is 11.5 Å². The largest absolute Gasteiger partial charge is 0.493 e. The molecular weight excluding hydrogens is 409 g/mol. The molecule has 0 atom stereocenters. The first-order valence-corrected chi connectivity index (χ1v) is 8.31.